The third kappa shape index (κ3) is 3.60. The zero-order valence-electron chi connectivity index (χ0n) is 6.99. The molecule has 0 unspecified atom stereocenters. The minimum Gasteiger partial charge on any atom is -0.332 e. The van der Waals surface area contributed by atoms with E-state index in [4.69, 9.17) is 4.52 Å². The molecule has 0 N–H and O–H groups in total. The van der Waals surface area contributed by atoms with Crippen molar-refractivity contribution in [2.24, 2.45) is 0 Å². The van der Waals surface area contributed by atoms with Crippen molar-refractivity contribution in [2.75, 3.05) is 6.61 Å². The maximum absolute atomic E-state index is 5.60. The highest BCUT2D eigenvalue weighted by atomic mass is 31.1. The van der Waals surface area contributed by atoms with Crippen molar-refractivity contribution in [3.05, 3.63) is 23.7 Å². The molecule has 0 aliphatic carbocycles. The molecule has 0 radical (unpaired) electrons. The largest absolute Gasteiger partial charge is 0.332 e. The first kappa shape index (κ1) is 8.83. The van der Waals surface area contributed by atoms with Gasteiger partial charge in [0.25, 0.3) is 0 Å². The Balaban J connectivity index is 2.04. The summed E-state index contributed by atoms with van der Waals surface area (Å²) in [4.78, 5) is 0. The van der Waals surface area contributed by atoms with Crippen LogP contribution in [0.1, 0.15) is 26.2 Å². The predicted octanol–water partition coefficient (Wildman–Crippen LogP) is 3.29. The van der Waals surface area contributed by atoms with Crippen LogP contribution >= 0.6 is 7.76 Å². The van der Waals surface area contributed by atoms with E-state index in [2.05, 4.69) is 30.7 Å². The minimum atomic E-state index is -0.323. The molecule has 1 aromatic heterocycles. The van der Waals surface area contributed by atoms with Crippen LogP contribution in [0.2, 0.25) is 0 Å². The fraction of sp³-hybridized carbons (Fsp3) is 0.556. The summed E-state index contributed by atoms with van der Waals surface area (Å²) in [7, 11) is -0.323. The Morgan fingerprint density at radius 3 is 2.55 bits per heavy atom. The molecular weight excluding hydrogens is 155 g/mol. The third-order valence-electron chi connectivity index (χ3n) is 1.57. The number of hydrogen-bond donors (Lipinski definition) is 0. The summed E-state index contributed by atoms with van der Waals surface area (Å²) >= 11 is 0. The topological polar surface area (TPSA) is 9.23 Å². The van der Waals surface area contributed by atoms with Gasteiger partial charge in [-0.3, -0.25) is 0 Å². The van der Waals surface area contributed by atoms with Crippen LogP contribution in [0.4, 0.5) is 0 Å². The molecule has 0 spiro atoms. The highest BCUT2D eigenvalue weighted by Gasteiger charge is 1.90. The van der Waals surface area contributed by atoms with Crippen LogP contribution in [0.3, 0.4) is 0 Å². The molecule has 0 saturated carbocycles. The van der Waals surface area contributed by atoms with Crippen LogP contribution in [-0.2, 0) is 0 Å². The van der Waals surface area contributed by atoms with Gasteiger partial charge in [-0.2, -0.15) is 0 Å². The number of hydrogen-bond acceptors (Lipinski definition) is 1. The van der Waals surface area contributed by atoms with Crippen molar-refractivity contribution < 1.29 is 4.52 Å². The molecule has 0 aliphatic rings. The molecule has 0 aromatic carbocycles. The van der Waals surface area contributed by atoms with Crippen molar-refractivity contribution in [3.8, 4) is 0 Å². The van der Waals surface area contributed by atoms with Crippen molar-refractivity contribution in [3.63, 3.8) is 0 Å². The predicted molar refractivity (Wildman–Crippen MR) is 50.1 cm³/mol. The first-order chi connectivity index (χ1) is 5.43. The van der Waals surface area contributed by atoms with Crippen molar-refractivity contribution in [1.29, 1.82) is 0 Å². The summed E-state index contributed by atoms with van der Waals surface area (Å²) in [6.45, 7) is 3.13. The molecule has 1 nitrogen and oxygen atoms in total. The van der Waals surface area contributed by atoms with Gasteiger partial charge in [0.1, 0.15) is 0 Å². The van der Waals surface area contributed by atoms with Gasteiger partial charge in [0, 0.05) is 7.76 Å². The lowest BCUT2D eigenvalue weighted by Crippen LogP contribution is -1.92. The van der Waals surface area contributed by atoms with Gasteiger partial charge in [0.15, 0.2) is 0 Å². The summed E-state index contributed by atoms with van der Waals surface area (Å²) in [5.41, 5.74) is 0. The number of unbranched alkanes of at least 4 members (excludes halogenated alkanes) is 2. The molecule has 0 amide bonds. The normalized spacial score (nSPS) is 10.3. The summed E-state index contributed by atoms with van der Waals surface area (Å²) in [6, 6.07) is 4.12. The van der Waals surface area contributed by atoms with Gasteiger partial charge in [0.2, 0.25) is 0 Å². The lowest BCUT2D eigenvalue weighted by atomic mass is 10.3. The van der Waals surface area contributed by atoms with Crippen LogP contribution in [0.25, 0.3) is 0 Å². The number of rotatable bonds is 5. The van der Waals surface area contributed by atoms with Gasteiger partial charge in [0.05, 0.1) is 6.61 Å². The Morgan fingerprint density at radius 1 is 1.18 bits per heavy atom. The lowest BCUT2D eigenvalue weighted by molar-refractivity contribution is 0.408. The van der Waals surface area contributed by atoms with Crippen molar-refractivity contribution >= 4 is 7.76 Å². The Morgan fingerprint density at radius 2 is 1.91 bits per heavy atom. The van der Waals surface area contributed by atoms with Crippen LogP contribution in [0, 0.1) is 0 Å². The molecule has 2 heteroatoms. The molecule has 0 bridgehead atoms. The second-order valence-electron chi connectivity index (χ2n) is 2.58. The second-order valence-corrected chi connectivity index (χ2v) is 4.16. The van der Waals surface area contributed by atoms with E-state index in [1.165, 1.54) is 19.3 Å². The van der Waals surface area contributed by atoms with E-state index in [1.54, 1.807) is 0 Å². The van der Waals surface area contributed by atoms with E-state index in [9.17, 15) is 0 Å². The first-order valence-corrected chi connectivity index (χ1v) is 5.59. The maximum atomic E-state index is 5.60. The fourth-order valence-corrected chi connectivity index (χ4v) is 2.08. The average Bonchev–Trinajstić information content (AvgIpc) is 2.50. The van der Waals surface area contributed by atoms with E-state index >= 15 is 0 Å². The standard InChI is InChI=1S/C9H15OP/c1-2-3-4-7-10-11-8-5-6-9-11/h5-6,8-9H,2-4,7H2,1H3. The molecule has 0 aliphatic heterocycles. The van der Waals surface area contributed by atoms with Crippen LogP contribution in [0.5, 0.6) is 0 Å². The highest BCUT2D eigenvalue weighted by Crippen LogP contribution is 2.23. The summed E-state index contributed by atoms with van der Waals surface area (Å²) in [6.07, 6.45) is 3.76. The lowest BCUT2D eigenvalue weighted by Gasteiger charge is -1.99. The van der Waals surface area contributed by atoms with E-state index < -0.39 is 0 Å². The summed E-state index contributed by atoms with van der Waals surface area (Å²) in [5.74, 6) is 4.28. The van der Waals surface area contributed by atoms with E-state index in [1.807, 2.05) is 0 Å². The van der Waals surface area contributed by atoms with Gasteiger partial charge in [-0.1, -0.05) is 31.9 Å². The third-order valence-corrected chi connectivity index (χ3v) is 2.98. The smallest absolute Gasteiger partial charge is 0.0569 e. The molecule has 62 valence electrons. The van der Waals surface area contributed by atoms with Gasteiger partial charge in [-0.05, 0) is 18.0 Å². The average molecular weight is 170 g/mol. The van der Waals surface area contributed by atoms with Crippen LogP contribution in [-0.4, -0.2) is 6.61 Å². The fourth-order valence-electron chi connectivity index (χ4n) is 0.927. The molecule has 1 heterocycles. The zero-order chi connectivity index (χ0) is 7.94. The van der Waals surface area contributed by atoms with Crippen LogP contribution < -0.4 is 4.52 Å². The monoisotopic (exact) mass is 170 g/mol. The zero-order valence-corrected chi connectivity index (χ0v) is 7.89. The van der Waals surface area contributed by atoms with E-state index in [-0.39, 0.29) is 7.76 Å². The first-order valence-electron chi connectivity index (χ1n) is 4.19. The van der Waals surface area contributed by atoms with Gasteiger partial charge in [-0.25, -0.2) is 0 Å². The van der Waals surface area contributed by atoms with E-state index in [0.29, 0.717) is 0 Å². The maximum Gasteiger partial charge on any atom is 0.0569 e. The Kier molecular flexibility index (Phi) is 4.33. The molecular formula is C9H15OP. The molecule has 0 fully saturated rings. The Bertz CT molecular complexity index is 170. The molecule has 11 heavy (non-hydrogen) atoms. The second kappa shape index (κ2) is 5.40. The Hall–Kier alpha value is -0.260. The van der Waals surface area contributed by atoms with Gasteiger partial charge >= 0.3 is 0 Å². The van der Waals surface area contributed by atoms with Gasteiger partial charge < -0.3 is 4.52 Å². The van der Waals surface area contributed by atoms with Crippen LogP contribution in [0.15, 0.2) is 23.7 Å². The van der Waals surface area contributed by atoms with E-state index in [0.717, 1.165) is 6.61 Å². The quantitative estimate of drug-likeness (QED) is 0.616. The summed E-state index contributed by atoms with van der Waals surface area (Å²) < 4.78 is 5.60. The SMILES string of the molecule is CCCCCOp1cccc1. The molecule has 0 saturated heterocycles. The van der Waals surface area contributed by atoms with Gasteiger partial charge in [-0.15, -0.1) is 0 Å². The van der Waals surface area contributed by atoms with Crippen molar-refractivity contribution in [2.45, 2.75) is 26.2 Å². The molecule has 1 aromatic rings. The van der Waals surface area contributed by atoms with Crippen molar-refractivity contribution in [1.82, 2.24) is 0 Å². The molecule has 0 atom stereocenters. The minimum absolute atomic E-state index is 0.323. The highest BCUT2D eigenvalue weighted by molar-refractivity contribution is 7.43. The molecule has 1 rings (SSSR count). The Labute approximate surface area is 69.5 Å². The summed E-state index contributed by atoms with van der Waals surface area (Å²) in [5, 5.41) is 0.